The number of carbonyl (C=O) groups excluding carboxylic acids is 2. The summed E-state index contributed by atoms with van der Waals surface area (Å²) in [4.78, 5) is 55.1. The van der Waals surface area contributed by atoms with E-state index >= 15 is 0 Å². The summed E-state index contributed by atoms with van der Waals surface area (Å²) in [5.41, 5.74) is 0.259. The van der Waals surface area contributed by atoms with Crippen molar-refractivity contribution < 1.29 is 60.8 Å². The molecule has 1 atom stereocenters. The minimum atomic E-state index is -5.08. The Kier molecular flexibility index (Phi) is 12.1. The van der Waals surface area contributed by atoms with E-state index in [-0.39, 0.29) is 40.6 Å². The van der Waals surface area contributed by atoms with Crippen molar-refractivity contribution in [2.45, 2.75) is 59.0 Å². The van der Waals surface area contributed by atoms with Gasteiger partial charge in [-0.2, -0.15) is 13.2 Å². The van der Waals surface area contributed by atoms with Gasteiger partial charge in [-0.1, -0.05) is 12.1 Å². The molecular formula is C32H32F5N5O8. The number of fused-ring (bicyclic) bond motifs is 1. The molecule has 0 aliphatic carbocycles. The number of aromatic nitrogens is 3. The maximum Gasteiger partial charge on any atom is 0.490 e. The van der Waals surface area contributed by atoms with Crippen molar-refractivity contribution >= 4 is 29.6 Å². The number of carboxylic acids is 2. The Bertz CT molecular complexity index is 1890. The van der Waals surface area contributed by atoms with Gasteiger partial charge in [0.25, 0.3) is 5.91 Å². The van der Waals surface area contributed by atoms with Gasteiger partial charge in [-0.15, -0.1) is 0 Å². The molecule has 50 heavy (non-hydrogen) atoms. The summed E-state index contributed by atoms with van der Waals surface area (Å²) >= 11 is 0. The van der Waals surface area contributed by atoms with Gasteiger partial charge in [0, 0.05) is 12.7 Å². The van der Waals surface area contributed by atoms with E-state index in [4.69, 9.17) is 19.4 Å². The number of nitrogens with one attached hydrogen (secondary N) is 2. The number of hydrogen-bond acceptors (Lipinski definition) is 8. The minimum absolute atomic E-state index is 0.122. The number of carboxylic acid groups (broad SMARTS) is 2. The zero-order valence-corrected chi connectivity index (χ0v) is 27.2. The highest BCUT2D eigenvalue weighted by atomic mass is 19.4. The molecule has 3 heterocycles. The number of imidazole rings is 1. The molecule has 3 aromatic heterocycles. The summed E-state index contributed by atoms with van der Waals surface area (Å²) < 4.78 is 72.6. The number of aryl methyl sites for hydroxylation is 2. The monoisotopic (exact) mass is 709 g/mol. The number of pyridine rings is 2. The third-order valence-corrected chi connectivity index (χ3v) is 6.39. The molecular weight excluding hydrogens is 677 g/mol. The zero-order chi connectivity index (χ0) is 37.6. The van der Waals surface area contributed by atoms with Crippen LogP contribution in [0.3, 0.4) is 0 Å². The Morgan fingerprint density at radius 2 is 1.56 bits per heavy atom. The van der Waals surface area contributed by atoms with E-state index in [1.807, 2.05) is 0 Å². The second kappa shape index (κ2) is 15.6. The highest BCUT2D eigenvalue weighted by molar-refractivity contribution is 5.95. The quantitative estimate of drug-likeness (QED) is 0.161. The average molecular weight is 710 g/mol. The maximum absolute atomic E-state index is 14.2. The molecule has 0 radical (unpaired) electrons. The molecule has 0 aliphatic rings. The third-order valence-electron chi connectivity index (χ3n) is 6.39. The topological polar surface area (TPSA) is 181 Å². The molecule has 4 rings (SSSR count). The summed E-state index contributed by atoms with van der Waals surface area (Å²) in [7, 11) is 0. The fourth-order valence-corrected chi connectivity index (χ4v) is 4.28. The standard InChI is InChI=1S/C30H31F2N5O6.C2HF3O2/c1-16-12-24(42-15-18-19(31)8-6-9-20(18)32)26-34-17(2)25(37(26)14-16)27(38)36-23(13-33-29(41)43-30(3,4)5)21-10-7-11-22(35-21)28(39)40;3-2(4,5)1(6)7/h6-12,14,23H,13,15H2,1-5H3,(H,33,41)(H,36,38)(H,39,40);(H,6,7). The number of carbonyl (C=O) groups is 4. The molecule has 0 aliphatic heterocycles. The third kappa shape index (κ3) is 10.3. The number of amides is 2. The van der Waals surface area contributed by atoms with Crippen LogP contribution >= 0.6 is 0 Å². The molecule has 1 aromatic carbocycles. The molecule has 0 saturated heterocycles. The first kappa shape index (κ1) is 38.6. The van der Waals surface area contributed by atoms with Gasteiger partial charge in [0.15, 0.2) is 11.4 Å². The van der Waals surface area contributed by atoms with E-state index in [9.17, 15) is 41.4 Å². The van der Waals surface area contributed by atoms with Crippen molar-refractivity contribution in [2.75, 3.05) is 6.54 Å². The van der Waals surface area contributed by atoms with E-state index in [2.05, 4.69) is 20.6 Å². The van der Waals surface area contributed by atoms with E-state index in [0.717, 1.165) is 12.1 Å². The highest BCUT2D eigenvalue weighted by Crippen LogP contribution is 2.26. The summed E-state index contributed by atoms with van der Waals surface area (Å²) in [5.74, 6) is -5.94. The van der Waals surface area contributed by atoms with Crippen LogP contribution in [-0.2, 0) is 16.1 Å². The molecule has 2 amide bonds. The van der Waals surface area contributed by atoms with Crippen molar-refractivity contribution in [2.24, 2.45) is 0 Å². The summed E-state index contributed by atoms with van der Waals surface area (Å²) in [6, 6.07) is 8.49. The number of benzene rings is 1. The van der Waals surface area contributed by atoms with Gasteiger partial charge < -0.3 is 30.3 Å². The van der Waals surface area contributed by atoms with Crippen LogP contribution in [0.5, 0.6) is 5.75 Å². The van der Waals surface area contributed by atoms with Crippen molar-refractivity contribution in [1.29, 1.82) is 0 Å². The summed E-state index contributed by atoms with van der Waals surface area (Å²) in [6.45, 7) is 7.87. The Hall–Kier alpha value is -5.81. The van der Waals surface area contributed by atoms with Crippen molar-refractivity contribution in [3.8, 4) is 5.75 Å². The number of alkyl carbamates (subject to hydrolysis) is 1. The molecule has 18 heteroatoms. The molecule has 4 aromatic rings. The minimum Gasteiger partial charge on any atom is -0.485 e. The van der Waals surface area contributed by atoms with E-state index in [0.29, 0.717) is 11.3 Å². The van der Waals surface area contributed by atoms with Gasteiger partial charge in [-0.3, -0.25) is 9.20 Å². The molecule has 0 saturated carbocycles. The number of aliphatic carboxylic acids is 1. The smallest absolute Gasteiger partial charge is 0.485 e. The lowest BCUT2D eigenvalue weighted by Crippen LogP contribution is -2.41. The van der Waals surface area contributed by atoms with E-state index in [1.165, 1.54) is 28.7 Å². The van der Waals surface area contributed by atoms with Crippen LogP contribution < -0.4 is 15.4 Å². The normalized spacial score (nSPS) is 12.0. The van der Waals surface area contributed by atoms with Gasteiger partial charge in [0.2, 0.25) is 0 Å². The zero-order valence-electron chi connectivity index (χ0n) is 27.2. The van der Waals surface area contributed by atoms with Gasteiger partial charge in [0.05, 0.1) is 23.0 Å². The number of nitrogens with zero attached hydrogens (tertiary/aromatic N) is 3. The van der Waals surface area contributed by atoms with Gasteiger partial charge in [-0.25, -0.2) is 33.1 Å². The van der Waals surface area contributed by atoms with Crippen LogP contribution in [0.1, 0.15) is 70.3 Å². The molecule has 268 valence electrons. The molecule has 4 N–H and O–H groups in total. The fraction of sp³-hybridized carbons (Fsp3) is 0.312. The number of hydrogen-bond donors (Lipinski definition) is 4. The van der Waals surface area contributed by atoms with Gasteiger partial charge in [-0.05, 0) is 70.5 Å². The summed E-state index contributed by atoms with van der Waals surface area (Å²) in [6.07, 6.45) is -4.17. The van der Waals surface area contributed by atoms with Crippen molar-refractivity contribution in [3.63, 3.8) is 0 Å². The van der Waals surface area contributed by atoms with Crippen LogP contribution in [0.25, 0.3) is 5.65 Å². The lowest BCUT2D eigenvalue weighted by atomic mass is 10.1. The second-order valence-electron chi connectivity index (χ2n) is 11.6. The van der Waals surface area contributed by atoms with E-state index < -0.39 is 60.0 Å². The van der Waals surface area contributed by atoms with Crippen LogP contribution in [-0.4, -0.2) is 66.8 Å². The van der Waals surface area contributed by atoms with Crippen LogP contribution in [0.2, 0.25) is 0 Å². The highest BCUT2D eigenvalue weighted by Gasteiger charge is 2.38. The number of aromatic carboxylic acids is 1. The first-order valence-corrected chi connectivity index (χ1v) is 14.5. The SMILES string of the molecule is Cc1cc(OCc2c(F)cccc2F)c2nc(C)c(C(=O)NC(CNC(=O)OC(C)(C)C)c3cccc(C(=O)O)n3)n2c1.O=C(O)C(F)(F)F. The first-order valence-electron chi connectivity index (χ1n) is 14.5. The van der Waals surface area contributed by atoms with Crippen molar-refractivity contribution in [3.05, 3.63) is 94.2 Å². The van der Waals surface area contributed by atoms with Crippen LogP contribution in [0, 0.1) is 25.5 Å². The average Bonchev–Trinajstić information content (AvgIpc) is 3.33. The largest absolute Gasteiger partial charge is 0.490 e. The Morgan fingerprint density at radius 3 is 2.12 bits per heavy atom. The maximum atomic E-state index is 14.2. The lowest BCUT2D eigenvalue weighted by Gasteiger charge is -2.23. The number of alkyl halides is 3. The number of halogens is 5. The molecule has 0 fully saturated rings. The Balaban J connectivity index is 0.000000872. The predicted molar refractivity (Wildman–Crippen MR) is 165 cm³/mol. The van der Waals surface area contributed by atoms with Crippen LogP contribution in [0.15, 0.2) is 48.7 Å². The number of ether oxygens (including phenoxy) is 2. The van der Waals surface area contributed by atoms with Gasteiger partial charge >= 0.3 is 24.2 Å². The summed E-state index contributed by atoms with van der Waals surface area (Å²) in [5, 5.41) is 21.9. The van der Waals surface area contributed by atoms with Gasteiger partial charge in [0.1, 0.15) is 35.2 Å². The fourth-order valence-electron chi connectivity index (χ4n) is 4.28. The second-order valence-corrected chi connectivity index (χ2v) is 11.6. The van der Waals surface area contributed by atoms with E-state index in [1.54, 1.807) is 46.9 Å². The Labute approximate surface area is 281 Å². The molecule has 0 bridgehead atoms. The molecule has 1 unspecified atom stereocenters. The predicted octanol–water partition coefficient (Wildman–Crippen LogP) is 5.53. The van der Waals surface area contributed by atoms with Crippen LogP contribution in [0.4, 0.5) is 26.7 Å². The Morgan fingerprint density at radius 1 is 0.960 bits per heavy atom. The lowest BCUT2D eigenvalue weighted by molar-refractivity contribution is -0.192. The number of rotatable bonds is 9. The first-order chi connectivity index (χ1) is 23.2. The molecule has 0 spiro atoms. The molecule has 13 nitrogen and oxygen atoms in total. The van der Waals surface area contributed by atoms with Crippen molar-refractivity contribution in [1.82, 2.24) is 25.0 Å².